The van der Waals surface area contributed by atoms with Crippen molar-refractivity contribution in [3.63, 3.8) is 0 Å². The number of thiocarbonyl (C=S) groups is 1. The largest absolute Gasteiger partial charge is 0.491 e. The highest BCUT2D eigenvalue weighted by atomic mass is 32.1. The minimum absolute atomic E-state index is 0.000725. The molecule has 1 aliphatic rings. The number of hydrogen-bond acceptors (Lipinski definition) is 3. The zero-order valence-electron chi connectivity index (χ0n) is 17.1. The number of benzene rings is 1. The van der Waals surface area contributed by atoms with Crippen LogP contribution >= 0.6 is 12.2 Å². The van der Waals surface area contributed by atoms with Crippen molar-refractivity contribution < 1.29 is 4.74 Å². The fraction of sp³-hybridized carbons (Fsp3) is 0.304. The van der Waals surface area contributed by atoms with E-state index in [4.69, 9.17) is 17.0 Å². The fourth-order valence-electron chi connectivity index (χ4n) is 3.96. The number of hydrogen-bond donors (Lipinski definition) is 2. The van der Waals surface area contributed by atoms with Gasteiger partial charge in [-0.2, -0.15) is 0 Å². The summed E-state index contributed by atoms with van der Waals surface area (Å²) in [6, 6.07) is 16.3. The van der Waals surface area contributed by atoms with E-state index in [0.717, 1.165) is 28.5 Å². The van der Waals surface area contributed by atoms with Gasteiger partial charge in [-0.1, -0.05) is 6.07 Å². The van der Waals surface area contributed by atoms with E-state index in [1.807, 2.05) is 50.4 Å². The summed E-state index contributed by atoms with van der Waals surface area (Å²) in [5, 5.41) is 4.20. The van der Waals surface area contributed by atoms with Gasteiger partial charge in [-0.05, 0) is 87.9 Å². The molecule has 3 aromatic rings. The number of ether oxygens (including phenoxy) is 1. The molecule has 0 aliphatic carbocycles. The first-order valence-corrected chi connectivity index (χ1v) is 10.3. The molecule has 5 nitrogen and oxygen atoms in total. The Kier molecular flexibility index (Phi) is 5.28. The molecule has 3 heterocycles. The second kappa shape index (κ2) is 7.87. The van der Waals surface area contributed by atoms with Gasteiger partial charge in [0.1, 0.15) is 5.75 Å². The average molecular weight is 407 g/mol. The summed E-state index contributed by atoms with van der Waals surface area (Å²) in [5.41, 5.74) is 5.49. The maximum atomic E-state index is 5.80. The van der Waals surface area contributed by atoms with E-state index in [9.17, 15) is 0 Å². The molecule has 2 unspecified atom stereocenters. The molecule has 0 radical (unpaired) electrons. The summed E-state index contributed by atoms with van der Waals surface area (Å²) in [6.07, 6.45) is 1.97. The van der Waals surface area contributed by atoms with Gasteiger partial charge < -0.3 is 19.9 Å². The maximum absolute atomic E-state index is 5.80. The third-order valence-electron chi connectivity index (χ3n) is 5.09. The van der Waals surface area contributed by atoms with Crippen molar-refractivity contribution in [2.45, 2.75) is 45.9 Å². The highest BCUT2D eigenvalue weighted by Crippen LogP contribution is 2.42. The molecule has 1 saturated heterocycles. The van der Waals surface area contributed by atoms with Crippen LogP contribution < -0.4 is 15.0 Å². The lowest BCUT2D eigenvalue weighted by atomic mass is 9.96. The van der Waals surface area contributed by atoms with Crippen LogP contribution in [-0.2, 0) is 0 Å². The van der Waals surface area contributed by atoms with Crippen LogP contribution in [0.25, 0.3) is 0 Å². The molecule has 0 amide bonds. The predicted octanol–water partition coefficient (Wildman–Crippen LogP) is 4.99. The van der Waals surface area contributed by atoms with E-state index in [1.54, 1.807) is 0 Å². The molecule has 4 rings (SSSR count). The van der Waals surface area contributed by atoms with E-state index in [2.05, 4.69) is 52.2 Å². The molecule has 2 atom stereocenters. The van der Waals surface area contributed by atoms with Gasteiger partial charge in [0.15, 0.2) is 5.11 Å². The predicted molar refractivity (Wildman–Crippen MR) is 120 cm³/mol. The Balaban J connectivity index is 1.77. The SMILES string of the molecule is Cc1cc(C2C(c3ccccn3)NC(=S)N2c2ccc(OC(C)C)cc2)c(C)[nH]1. The Morgan fingerprint density at radius 3 is 2.45 bits per heavy atom. The van der Waals surface area contributed by atoms with E-state index in [-0.39, 0.29) is 18.2 Å². The normalized spacial score (nSPS) is 18.9. The second-order valence-electron chi connectivity index (χ2n) is 7.69. The van der Waals surface area contributed by atoms with Crippen molar-refractivity contribution in [2.24, 2.45) is 0 Å². The van der Waals surface area contributed by atoms with Gasteiger partial charge in [0.25, 0.3) is 0 Å². The van der Waals surface area contributed by atoms with Crippen LogP contribution in [0.1, 0.15) is 48.6 Å². The van der Waals surface area contributed by atoms with Crippen molar-refractivity contribution in [2.75, 3.05) is 4.90 Å². The molecule has 0 saturated carbocycles. The van der Waals surface area contributed by atoms with Gasteiger partial charge in [-0.3, -0.25) is 4.98 Å². The van der Waals surface area contributed by atoms with Gasteiger partial charge >= 0.3 is 0 Å². The molecule has 150 valence electrons. The Hall–Kier alpha value is -2.86. The molecule has 2 aromatic heterocycles. The van der Waals surface area contributed by atoms with Crippen molar-refractivity contribution in [1.29, 1.82) is 0 Å². The number of nitrogens with one attached hydrogen (secondary N) is 2. The van der Waals surface area contributed by atoms with E-state index in [1.165, 1.54) is 5.56 Å². The monoisotopic (exact) mass is 406 g/mol. The molecule has 1 fully saturated rings. The van der Waals surface area contributed by atoms with Gasteiger partial charge in [-0.15, -0.1) is 0 Å². The second-order valence-corrected chi connectivity index (χ2v) is 8.08. The molecule has 0 spiro atoms. The van der Waals surface area contributed by atoms with E-state index >= 15 is 0 Å². The Labute approximate surface area is 177 Å². The third-order valence-corrected chi connectivity index (χ3v) is 5.41. The molecule has 2 N–H and O–H groups in total. The minimum Gasteiger partial charge on any atom is -0.491 e. The van der Waals surface area contributed by atoms with Crippen LogP contribution in [0.3, 0.4) is 0 Å². The number of aryl methyl sites for hydroxylation is 2. The number of H-pyrrole nitrogens is 1. The molecule has 29 heavy (non-hydrogen) atoms. The highest BCUT2D eigenvalue weighted by Gasteiger charge is 2.41. The third kappa shape index (κ3) is 3.85. The van der Waals surface area contributed by atoms with Crippen LogP contribution in [0, 0.1) is 13.8 Å². The zero-order chi connectivity index (χ0) is 20.5. The summed E-state index contributed by atoms with van der Waals surface area (Å²) in [6.45, 7) is 8.24. The number of anilines is 1. The number of nitrogens with zero attached hydrogens (tertiary/aromatic N) is 2. The number of aromatic amines is 1. The Morgan fingerprint density at radius 1 is 1.10 bits per heavy atom. The lowest BCUT2D eigenvalue weighted by molar-refractivity contribution is 0.242. The summed E-state index contributed by atoms with van der Waals surface area (Å²) >= 11 is 5.78. The van der Waals surface area contributed by atoms with Crippen LogP contribution in [0.4, 0.5) is 5.69 Å². The number of pyridine rings is 1. The van der Waals surface area contributed by atoms with Crippen LogP contribution in [0.15, 0.2) is 54.7 Å². The molecular weight excluding hydrogens is 380 g/mol. The quantitative estimate of drug-likeness (QED) is 0.585. The van der Waals surface area contributed by atoms with Gasteiger partial charge in [-0.25, -0.2) is 0 Å². The van der Waals surface area contributed by atoms with E-state index in [0.29, 0.717) is 5.11 Å². The minimum atomic E-state index is -0.0378. The first-order valence-electron chi connectivity index (χ1n) is 9.87. The topological polar surface area (TPSA) is 53.2 Å². The highest BCUT2D eigenvalue weighted by molar-refractivity contribution is 7.80. The van der Waals surface area contributed by atoms with Crippen molar-refractivity contribution in [3.05, 3.63) is 77.4 Å². The zero-order valence-corrected chi connectivity index (χ0v) is 18.0. The van der Waals surface area contributed by atoms with E-state index < -0.39 is 0 Å². The van der Waals surface area contributed by atoms with Gasteiger partial charge in [0, 0.05) is 23.3 Å². The molecular formula is C23H26N4OS. The standard InChI is InChI=1S/C23H26N4OS/c1-14(2)28-18-10-8-17(9-11-18)27-22(19-13-15(3)25-16(19)4)21(26-23(27)29)20-7-5-6-12-24-20/h5-14,21-22,25H,1-4H3,(H,26,29). The lowest BCUT2D eigenvalue weighted by Gasteiger charge is -2.28. The Bertz CT molecular complexity index is 997. The van der Waals surface area contributed by atoms with Crippen molar-refractivity contribution >= 4 is 23.0 Å². The number of aromatic nitrogens is 2. The molecule has 1 aromatic carbocycles. The van der Waals surface area contributed by atoms with Crippen LogP contribution in [0.2, 0.25) is 0 Å². The van der Waals surface area contributed by atoms with Crippen LogP contribution in [-0.4, -0.2) is 21.2 Å². The smallest absolute Gasteiger partial charge is 0.174 e. The summed E-state index contributed by atoms with van der Waals surface area (Å²) < 4.78 is 5.80. The number of rotatable bonds is 5. The van der Waals surface area contributed by atoms with Crippen molar-refractivity contribution in [3.8, 4) is 5.75 Å². The van der Waals surface area contributed by atoms with Gasteiger partial charge in [0.2, 0.25) is 0 Å². The maximum Gasteiger partial charge on any atom is 0.174 e. The average Bonchev–Trinajstić information content (AvgIpc) is 3.21. The fourth-order valence-corrected chi connectivity index (χ4v) is 4.31. The summed E-state index contributed by atoms with van der Waals surface area (Å²) in [7, 11) is 0. The first-order chi connectivity index (χ1) is 13.9. The van der Waals surface area contributed by atoms with Gasteiger partial charge in [0.05, 0.1) is 23.9 Å². The molecule has 6 heteroatoms. The molecule has 1 aliphatic heterocycles. The summed E-state index contributed by atoms with van der Waals surface area (Å²) in [5.74, 6) is 0.855. The first kappa shape index (κ1) is 19.5. The van der Waals surface area contributed by atoms with Crippen molar-refractivity contribution in [1.82, 2.24) is 15.3 Å². The molecule has 0 bridgehead atoms. The Morgan fingerprint density at radius 2 is 1.86 bits per heavy atom. The van der Waals surface area contributed by atoms with Crippen LogP contribution in [0.5, 0.6) is 5.75 Å². The summed E-state index contributed by atoms with van der Waals surface area (Å²) in [4.78, 5) is 10.2. The lowest BCUT2D eigenvalue weighted by Crippen LogP contribution is -2.29.